The van der Waals surface area contributed by atoms with E-state index in [4.69, 9.17) is 4.74 Å². The Morgan fingerprint density at radius 3 is 2.72 bits per heavy atom. The topological polar surface area (TPSA) is 33.3 Å². The van der Waals surface area contributed by atoms with E-state index in [1.54, 1.807) is 0 Å². The molecule has 1 fully saturated rings. The molecule has 0 amide bonds. The van der Waals surface area contributed by atoms with E-state index < -0.39 is 0 Å². The van der Waals surface area contributed by atoms with Gasteiger partial charge in [0.25, 0.3) is 0 Å². The number of hydrogen-bond acceptors (Lipinski definition) is 4. The molecule has 1 aliphatic carbocycles. The summed E-state index contributed by atoms with van der Waals surface area (Å²) in [4.78, 5) is 1.36. The molecule has 2 aromatic rings. The molecule has 0 spiro atoms. The molecule has 0 saturated heterocycles. The number of rotatable bonds is 6. The standard InChI is InChI=1S/C21H26N2OS/c1-2-4-19(5-3-1)25-13-12-22-18-9-6-16(7-10-18)17-8-11-20-21(14-17)24-15-23-20/h1-5,8,11,14,16,18,22-23H,6-7,9-10,12-13,15H2. The molecular weight excluding hydrogens is 328 g/mol. The van der Waals surface area contributed by atoms with E-state index in [0.29, 0.717) is 18.7 Å². The summed E-state index contributed by atoms with van der Waals surface area (Å²) in [5.41, 5.74) is 2.58. The Hall–Kier alpha value is -1.65. The third-order valence-electron chi connectivity index (χ3n) is 5.24. The molecule has 4 rings (SSSR count). The minimum Gasteiger partial charge on any atom is -0.471 e. The zero-order chi connectivity index (χ0) is 16.9. The van der Waals surface area contributed by atoms with Crippen molar-refractivity contribution >= 4 is 17.4 Å². The number of ether oxygens (including phenoxy) is 1. The molecule has 25 heavy (non-hydrogen) atoms. The van der Waals surface area contributed by atoms with Gasteiger partial charge in [-0.2, -0.15) is 0 Å². The predicted molar refractivity (Wildman–Crippen MR) is 106 cm³/mol. The fourth-order valence-corrected chi connectivity index (χ4v) is 4.63. The Balaban J connectivity index is 1.19. The van der Waals surface area contributed by atoms with Crippen molar-refractivity contribution < 1.29 is 4.74 Å². The number of benzene rings is 2. The summed E-state index contributed by atoms with van der Waals surface area (Å²) in [7, 11) is 0. The first kappa shape index (κ1) is 16.8. The minimum atomic E-state index is 0.608. The van der Waals surface area contributed by atoms with Crippen molar-refractivity contribution in [3.63, 3.8) is 0 Å². The first-order chi connectivity index (χ1) is 12.4. The van der Waals surface area contributed by atoms with Gasteiger partial charge in [-0.1, -0.05) is 24.3 Å². The molecule has 1 heterocycles. The molecule has 2 aromatic carbocycles. The normalized spacial score (nSPS) is 22.1. The highest BCUT2D eigenvalue weighted by Crippen LogP contribution is 2.38. The molecule has 2 N–H and O–H groups in total. The maximum atomic E-state index is 5.63. The van der Waals surface area contributed by atoms with Crippen LogP contribution in [0.2, 0.25) is 0 Å². The number of anilines is 1. The van der Waals surface area contributed by atoms with E-state index >= 15 is 0 Å². The lowest BCUT2D eigenvalue weighted by Crippen LogP contribution is -2.34. The summed E-state index contributed by atoms with van der Waals surface area (Å²) < 4.78 is 5.63. The van der Waals surface area contributed by atoms with E-state index in [0.717, 1.165) is 23.7 Å². The van der Waals surface area contributed by atoms with Crippen LogP contribution >= 0.6 is 11.8 Å². The molecule has 132 valence electrons. The van der Waals surface area contributed by atoms with Crippen LogP contribution in [0.3, 0.4) is 0 Å². The van der Waals surface area contributed by atoms with E-state index in [1.807, 2.05) is 11.8 Å². The number of fused-ring (bicyclic) bond motifs is 1. The van der Waals surface area contributed by atoms with Crippen molar-refractivity contribution in [3.05, 3.63) is 54.1 Å². The van der Waals surface area contributed by atoms with Crippen LogP contribution < -0.4 is 15.4 Å². The smallest absolute Gasteiger partial charge is 0.159 e. The lowest BCUT2D eigenvalue weighted by molar-refractivity contribution is 0.346. The summed E-state index contributed by atoms with van der Waals surface area (Å²) in [6.45, 7) is 1.70. The Bertz CT molecular complexity index is 684. The number of nitrogens with one attached hydrogen (secondary N) is 2. The van der Waals surface area contributed by atoms with Gasteiger partial charge >= 0.3 is 0 Å². The SMILES string of the molecule is c1ccc(SCCNC2CCC(c3ccc4c(c3)OCN4)CC2)cc1. The largest absolute Gasteiger partial charge is 0.471 e. The lowest BCUT2D eigenvalue weighted by atomic mass is 9.81. The number of hydrogen-bond donors (Lipinski definition) is 2. The molecule has 3 nitrogen and oxygen atoms in total. The number of thioether (sulfide) groups is 1. The monoisotopic (exact) mass is 354 g/mol. The Kier molecular flexibility index (Phi) is 5.48. The Labute approximate surface area is 154 Å². The first-order valence-electron chi connectivity index (χ1n) is 9.30. The van der Waals surface area contributed by atoms with E-state index in [1.165, 1.54) is 36.1 Å². The third kappa shape index (κ3) is 4.31. The average molecular weight is 355 g/mol. The summed E-state index contributed by atoms with van der Waals surface area (Å²) in [5, 5.41) is 6.99. The highest BCUT2D eigenvalue weighted by molar-refractivity contribution is 7.99. The lowest BCUT2D eigenvalue weighted by Gasteiger charge is -2.29. The zero-order valence-electron chi connectivity index (χ0n) is 14.5. The third-order valence-corrected chi connectivity index (χ3v) is 6.26. The molecule has 1 aliphatic heterocycles. The molecule has 0 bridgehead atoms. The van der Waals surface area contributed by atoms with Crippen molar-refractivity contribution in [1.29, 1.82) is 0 Å². The first-order valence-corrected chi connectivity index (χ1v) is 10.3. The van der Waals surface area contributed by atoms with Crippen LogP contribution in [-0.2, 0) is 0 Å². The molecule has 1 saturated carbocycles. The van der Waals surface area contributed by atoms with Crippen molar-refractivity contribution in [2.75, 3.05) is 24.3 Å². The van der Waals surface area contributed by atoms with Gasteiger partial charge in [0.15, 0.2) is 6.73 Å². The fourth-order valence-electron chi connectivity index (χ4n) is 3.83. The van der Waals surface area contributed by atoms with Gasteiger partial charge in [-0.05, 0) is 61.4 Å². The molecule has 4 heteroatoms. The highest BCUT2D eigenvalue weighted by Gasteiger charge is 2.23. The van der Waals surface area contributed by atoms with Gasteiger partial charge in [0, 0.05) is 23.2 Å². The second kappa shape index (κ2) is 8.15. The van der Waals surface area contributed by atoms with E-state index in [9.17, 15) is 0 Å². The van der Waals surface area contributed by atoms with Gasteiger partial charge in [-0.25, -0.2) is 0 Å². The highest BCUT2D eigenvalue weighted by atomic mass is 32.2. The maximum Gasteiger partial charge on any atom is 0.159 e. The van der Waals surface area contributed by atoms with Gasteiger partial charge in [-0.3, -0.25) is 0 Å². The Morgan fingerprint density at radius 1 is 1.04 bits per heavy atom. The summed E-state index contributed by atoms with van der Waals surface area (Å²) in [6.07, 6.45) is 5.10. The van der Waals surface area contributed by atoms with Crippen LogP contribution in [-0.4, -0.2) is 25.1 Å². The quantitative estimate of drug-likeness (QED) is 0.573. The van der Waals surface area contributed by atoms with Crippen LogP contribution in [0.1, 0.15) is 37.2 Å². The zero-order valence-corrected chi connectivity index (χ0v) is 15.4. The van der Waals surface area contributed by atoms with Gasteiger partial charge in [-0.15, -0.1) is 11.8 Å². The van der Waals surface area contributed by atoms with Crippen molar-refractivity contribution in [1.82, 2.24) is 5.32 Å². The van der Waals surface area contributed by atoms with Crippen LogP contribution in [0, 0.1) is 0 Å². The van der Waals surface area contributed by atoms with Crippen molar-refractivity contribution in [2.45, 2.75) is 42.5 Å². The van der Waals surface area contributed by atoms with Gasteiger partial charge in [0.2, 0.25) is 0 Å². The molecule has 2 aliphatic rings. The van der Waals surface area contributed by atoms with Gasteiger partial charge in [0.05, 0.1) is 5.69 Å². The van der Waals surface area contributed by atoms with Gasteiger partial charge < -0.3 is 15.4 Å². The maximum absolute atomic E-state index is 5.63. The molecule has 0 aromatic heterocycles. The molecule has 0 atom stereocenters. The average Bonchev–Trinajstić information content (AvgIpc) is 3.14. The summed E-state index contributed by atoms with van der Waals surface area (Å²) >= 11 is 1.94. The van der Waals surface area contributed by atoms with Crippen LogP contribution in [0.25, 0.3) is 0 Å². The summed E-state index contributed by atoms with van der Waals surface area (Å²) in [6, 6.07) is 18.0. The molecule has 0 radical (unpaired) electrons. The van der Waals surface area contributed by atoms with Crippen LogP contribution in [0.15, 0.2) is 53.4 Å². The molecular formula is C21H26N2OS. The fraction of sp³-hybridized carbons (Fsp3) is 0.429. The second-order valence-corrected chi connectivity index (χ2v) is 8.05. The summed E-state index contributed by atoms with van der Waals surface area (Å²) in [5.74, 6) is 2.85. The van der Waals surface area contributed by atoms with Gasteiger partial charge in [0.1, 0.15) is 5.75 Å². The van der Waals surface area contributed by atoms with Crippen molar-refractivity contribution in [3.8, 4) is 5.75 Å². The second-order valence-electron chi connectivity index (χ2n) is 6.89. The van der Waals surface area contributed by atoms with E-state index in [2.05, 4.69) is 59.2 Å². The Morgan fingerprint density at radius 2 is 1.88 bits per heavy atom. The predicted octanol–water partition coefficient (Wildman–Crippen LogP) is 4.86. The molecule has 0 unspecified atom stereocenters. The minimum absolute atomic E-state index is 0.608. The van der Waals surface area contributed by atoms with Crippen LogP contribution in [0.5, 0.6) is 5.75 Å². The van der Waals surface area contributed by atoms with E-state index in [-0.39, 0.29) is 0 Å². The van der Waals surface area contributed by atoms with Crippen molar-refractivity contribution in [2.24, 2.45) is 0 Å². The van der Waals surface area contributed by atoms with Crippen LogP contribution in [0.4, 0.5) is 5.69 Å².